The molecule has 114 valence electrons. The molecule has 0 saturated carbocycles. The second-order valence-corrected chi connectivity index (χ2v) is 5.23. The summed E-state index contributed by atoms with van der Waals surface area (Å²) in [4.78, 5) is 8.15. The smallest absolute Gasteiger partial charge is 0.254 e. The minimum Gasteiger partial charge on any atom is -0.254 e. The van der Waals surface area contributed by atoms with Gasteiger partial charge in [-0.2, -0.15) is 18.3 Å². The number of fused-ring (bicyclic) bond motifs is 1. The Balaban J connectivity index is 2.03. The third-order valence-corrected chi connectivity index (χ3v) is 3.38. The molecular formula is C14H10ClF3N4. The van der Waals surface area contributed by atoms with E-state index in [-0.39, 0.29) is 5.56 Å². The molecule has 0 unspecified atom stereocenters. The zero-order valence-corrected chi connectivity index (χ0v) is 12.2. The highest BCUT2D eigenvalue weighted by molar-refractivity contribution is 6.34. The van der Waals surface area contributed by atoms with Crippen LogP contribution < -0.4 is 0 Å². The molecule has 0 amide bonds. The molecule has 0 atom stereocenters. The maximum Gasteiger partial charge on any atom is 0.393 e. The molecule has 3 aromatic rings. The van der Waals surface area contributed by atoms with Crippen molar-refractivity contribution in [1.29, 1.82) is 0 Å². The van der Waals surface area contributed by atoms with Gasteiger partial charge in [-0.3, -0.25) is 4.98 Å². The van der Waals surface area contributed by atoms with Crippen molar-refractivity contribution in [2.24, 2.45) is 0 Å². The first-order valence-electron chi connectivity index (χ1n) is 6.36. The van der Waals surface area contributed by atoms with E-state index in [0.29, 0.717) is 27.8 Å². The summed E-state index contributed by atoms with van der Waals surface area (Å²) in [5.41, 5.74) is 1.81. The molecule has 3 heterocycles. The minimum absolute atomic E-state index is 0.106. The summed E-state index contributed by atoms with van der Waals surface area (Å²) in [5.74, 6) is 0.551. The van der Waals surface area contributed by atoms with Crippen LogP contribution in [0.5, 0.6) is 0 Å². The van der Waals surface area contributed by atoms with Gasteiger partial charge in [0.15, 0.2) is 0 Å². The van der Waals surface area contributed by atoms with Crippen LogP contribution in [0.25, 0.3) is 16.9 Å². The third kappa shape index (κ3) is 2.89. The highest BCUT2D eigenvalue weighted by atomic mass is 35.5. The lowest BCUT2D eigenvalue weighted by Crippen LogP contribution is -2.11. The number of alkyl halides is 3. The molecule has 0 spiro atoms. The molecule has 0 aliphatic carbocycles. The second-order valence-electron chi connectivity index (χ2n) is 4.82. The van der Waals surface area contributed by atoms with Gasteiger partial charge < -0.3 is 0 Å². The number of halogens is 4. The molecule has 22 heavy (non-hydrogen) atoms. The number of hydrogen-bond acceptors (Lipinski definition) is 3. The van der Waals surface area contributed by atoms with Crippen LogP contribution in [0.4, 0.5) is 13.2 Å². The Hall–Kier alpha value is -2.15. The SMILES string of the molecule is Cc1ncc2c(Cl)cc(-c3ccc(CC(F)(F)F)cn3)n2n1. The monoisotopic (exact) mass is 326 g/mol. The lowest BCUT2D eigenvalue weighted by atomic mass is 10.2. The highest BCUT2D eigenvalue weighted by Crippen LogP contribution is 2.28. The predicted molar refractivity (Wildman–Crippen MR) is 75.7 cm³/mol. The highest BCUT2D eigenvalue weighted by Gasteiger charge is 2.27. The van der Waals surface area contributed by atoms with Gasteiger partial charge in [0.1, 0.15) is 11.3 Å². The lowest BCUT2D eigenvalue weighted by Gasteiger charge is -2.07. The van der Waals surface area contributed by atoms with E-state index in [1.807, 2.05) is 0 Å². The van der Waals surface area contributed by atoms with Crippen LogP contribution >= 0.6 is 11.6 Å². The van der Waals surface area contributed by atoms with Crippen LogP contribution in [0, 0.1) is 6.92 Å². The summed E-state index contributed by atoms with van der Waals surface area (Å²) in [6.45, 7) is 1.73. The van der Waals surface area contributed by atoms with Gasteiger partial charge in [-0.15, -0.1) is 0 Å². The fourth-order valence-corrected chi connectivity index (χ4v) is 2.36. The fraction of sp³-hybridized carbons (Fsp3) is 0.214. The molecule has 0 aliphatic rings. The van der Waals surface area contributed by atoms with Gasteiger partial charge in [-0.05, 0) is 24.6 Å². The van der Waals surface area contributed by atoms with E-state index in [1.165, 1.54) is 18.3 Å². The van der Waals surface area contributed by atoms with Crippen molar-refractivity contribution >= 4 is 17.1 Å². The first-order valence-corrected chi connectivity index (χ1v) is 6.74. The number of nitrogens with zero attached hydrogens (tertiary/aromatic N) is 4. The largest absolute Gasteiger partial charge is 0.393 e. The van der Waals surface area contributed by atoms with Crippen molar-refractivity contribution < 1.29 is 13.2 Å². The first kappa shape index (κ1) is 14.8. The number of pyridine rings is 1. The first-order chi connectivity index (χ1) is 10.3. The van der Waals surface area contributed by atoms with Crippen molar-refractivity contribution in [3.63, 3.8) is 0 Å². The van der Waals surface area contributed by atoms with Crippen LogP contribution in [0.15, 0.2) is 30.6 Å². The van der Waals surface area contributed by atoms with E-state index in [9.17, 15) is 13.2 Å². The van der Waals surface area contributed by atoms with Gasteiger partial charge in [0.2, 0.25) is 0 Å². The van der Waals surface area contributed by atoms with E-state index >= 15 is 0 Å². The molecule has 3 aromatic heterocycles. The van der Waals surface area contributed by atoms with Gasteiger partial charge >= 0.3 is 6.18 Å². The van der Waals surface area contributed by atoms with Gasteiger partial charge in [0.05, 0.1) is 29.0 Å². The molecule has 0 saturated heterocycles. The number of aromatic nitrogens is 4. The number of aryl methyl sites for hydroxylation is 1. The summed E-state index contributed by atoms with van der Waals surface area (Å²) in [6, 6.07) is 4.59. The van der Waals surface area contributed by atoms with E-state index in [4.69, 9.17) is 11.6 Å². The fourth-order valence-electron chi connectivity index (χ4n) is 2.13. The van der Waals surface area contributed by atoms with Crippen LogP contribution in [0.3, 0.4) is 0 Å². The maximum atomic E-state index is 12.4. The number of hydrogen-bond donors (Lipinski definition) is 0. The average molecular weight is 327 g/mol. The van der Waals surface area contributed by atoms with Gasteiger partial charge in [-0.1, -0.05) is 17.7 Å². The Morgan fingerprint density at radius 3 is 2.59 bits per heavy atom. The van der Waals surface area contributed by atoms with Crippen molar-refractivity contribution in [2.45, 2.75) is 19.5 Å². The minimum atomic E-state index is -4.25. The molecule has 4 nitrogen and oxygen atoms in total. The maximum absolute atomic E-state index is 12.4. The zero-order chi connectivity index (χ0) is 15.9. The summed E-state index contributed by atoms with van der Waals surface area (Å²) in [7, 11) is 0. The quantitative estimate of drug-likeness (QED) is 0.718. The van der Waals surface area contributed by atoms with Gasteiger partial charge in [0, 0.05) is 6.20 Å². The topological polar surface area (TPSA) is 43.1 Å². The van der Waals surface area contributed by atoms with Crippen molar-refractivity contribution in [2.75, 3.05) is 0 Å². The summed E-state index contributed by atoms with van der Waals surface area (Å²) >= 11 is 6.12. The molecule has 0 radical (unpaired) electrons. The third-order valence-electron chi connectivity index (χ3n) is 3.07. The Labute approximate surface area is 128 Å². The molecule has 0 bridgehead atoms. The Morgan fingerprint density at radius 1 is 1.18 bits per heavy atom. The van der Waals surface area contributed by atoms with Crippen LogP contribution in [-0.2, 0) is 6.42 Å². The standard InChI is InChI=1S/C14H10ClF3N4/c1-8-19-7-13-10(15)4-12(22(13)21-8)11-3-2-9(6-20-11)5-14(16,17)18/h2-4,6-7H,5H2,1H3. The molecule has 3 rings (SSSR count). The molecule has 0 aromatic carbocycles. The summed E-state index contributed by atoms with van der Waals surface area (Å²) in [6.07, 6.45) is -2.45. The van der Waals surface area contributed by atoms with Crippen molar-refractivity contribution in [3.8, 4) is 11.4 Å². The van der Waals surface area contributed by atoms with Crippen molar-refractivity contribution in [1.82, 2.24) is 19.6 Å². The van der Waals surface area contributed by atoms with Gasteiger partial charge in [-0.25, -0.2) is 9.50 Å². The predicted octanol–water partition coefficient (Wildman–Crippen LogP) is 3.86. The normalized spacial score (nSPS) is 12.0. The van der Waals surface area contributed by atoms with Crippen molar-refractivity contribution in [3.05, 3.63) is 47.0 Å². The Kier molecular flexibility index (Phi) is 3.52. The van der Waals surface area contributed by atoms with Crippen LogP contribution in [0.1, 0.15) is 11.4 Å². The molecule has 0 N–H and O–H groups in total. The summed E-state index contributed by atoms with van der Waals surface area (Å²) < 4.78 is 38.6. The van der Waals surface area contributed by atoms with E-state index in [2.05, 4.69) is 15.1 Å². The van der Waals surface area contributed by atoms with E-state index in [1.54, 1.807) is 23.7 Å². The Morgan fingerprint density at radius 2 is 1.95 bits per heavy atom. The number of rotatable bonds is 2. The second kappa shape index (κ2) is 5.24. The lowest BCUT2D eigenvalue weighted by molar-refractivity contribution is -0.127. The van der Waals surface area contributed by atoms with Gasteiger partial charge in [0.25, 0.3) is 0 Å². The van der Waals surface area contributed by atoms with E-state index in [0.717, 1.165) is 0 Å². The zero-order valence-electron chi connectivity index (χ0n) is 11.4. The van der Waals surface area contributed by atoms with Crippen LogP contribution in [-0.4, -0.2) is 25.8 Å². The average Bonchev–Trinajstić information content (AvgIpc) is 2.74. The molecule has 0 fully saturated rings. The Bertz CT molecular complexity index is 824. The van der Waals surface area contributed by atoms with E-state index < -0.39 is 12.6 Å². The summed E-state index contributed by atoms with van der Waals surface area (Å²) in [5, 5.41) is 4.71. The molecule has 0 aliphatic heterocycles. The molecule has 8 heteroatoms. The molecular weight excluding hydrogens is 317 g/mol. The van der Waals surface area contributed by atoms with Crippen LogP contribution in [0.2, 0.25) is 5.02 Å².